The van der Waals surface area contributed by atoms with Crippen molar-refractivity contribution in [3.8, 4) is 23.0 Å². The van der Waals surface area contributed by atoms with Gasteiger partial charge in [-0.2, -0.15) is 0 Å². The Kier molecular flexibility index (Phi) is 6.78. The summed E-state index contributed by atoms with van der Waals surface area (Å²) in [6.45, 7) is 6.15. The molecule has 2 aromatic rings. The summed E-state index contributed by atoms with van der Waals surface area (Å²) in [5.41, 5.74) is 2.34. The van der Waals surface area contributed by atoms with Crippen LogP contribution in [-0.2, 0) is 9.47 Å². The van der Waals surface area contributed by atoms with Crippen molar-refractivity contribution < 1.29 is 28.4 Å². The summed E-state index contributed by atoms with van der Waals surface area (Å²) in [5.74, 6) is 3.21. The number of rotatable bonds is 10. The van der Waals surface area contributed by atoms with Gasteiger partial charge in [-0.25, -0.2) is 0 Å². The molecule has 0 amide bonds. The Bertz CT molecular complexity index is 898. The minimum absolute atomic E-state index is 0.0290. The maximum atomic E-state index is 6.04. The number of hydrogen-bond acceptors (Lipinski definition) is 6. The standard InChI is InChI=1S/C27H36O6/c1-26(16-32-24(26)20-10-8-18(28-3)14-22(20)30-5)12-7-13-27(2)17-33-25(27)21-11-9-19(29-4)15-23(21)31-6/h8-11,14-15,24-25H,7,12-13,16-17H2,1-6H3. The molecule has 2 aliphatic heterocycles. The summed E-state index contributed by atoms with van der Waals surface area (Å²) in [7, 11) is 6.72. The summed E-state index contributed by atoms with van der Waals surface area (Å²) in [6.07, 6.45) is 3.32. The van der Waals surface area contributed by atoms with Crippen LogP contribution in [0.3, 0.4) is 0 Å². The molecule has 0 saturated carbocycles. The lowest BCUT2D eigenvalue weighted by Gasteiger charge is -2.50. The molecule has 0 spiro atoms. The van der Waals surface area contributed by atoms with E-state index in [1.165, 1.54) is 0 Å². The summed E-state index contributed by atoms with van der Waals surface area (Å²) in [5, 5.41) is 0. The van der Waals surface area contributed by atoms with E-state index in [0.29, 0.717) is 0 Å². The molecule has 2 aromatic carbocycles. The first-order valence-corrected chi connectivity index (χ1v) is 11.5. The molecular formula is C27H36O6. The van der Waals surface area contributed by atoms with Gasteiger partial charge in [-0.05, 0) is 37.1 Å². The Labute approximate surface area is 197 Å². The van der Waals surface area contributed by atoms with E-state index in [4.69, 9.17) is 28.4 Å². The normalized spacial score (nSPS) is 28.4. The molecule has 4 rings (SSSR count). The van der Waals surface area contributed by atoms with Crippen LogP contribution in [0.5, 0.6) is 23.0 Å². The largest absolute Gasteiger partial charge is 0.497 e. The second-order valence-corrected chi connectivity index (χ2v) is 9.76. The third kappa shape index (κ3) is 4.38. The van der Waals surface area contributed by atoms with E-state index in [2.05, 4.69) is 26.0 Å². The van der Waals surface area contributed by atoms with Gasteiger partial charge in [0, 0.05) is 34.1 Å². The van der Waals surface area contributed by atoms with Crippen LogP contribution in [0.25, 0.3) is 0 Å². The van der Waals surface area contributed by atoms with Gasteiger partial charge in [-0.3, -0.25) is 0 Å². The molecule has 6 heteroatoms. The van der Waals surface area contributed by atoms with Crippen LogP contribution in [0, 0.1) is 10.8 Å². The molecule has 0 N–H and O–H groups in total. The van der Waals surface area contributed by atoms with Crippen molar-refractivity contribution >= 4 is 0 Å². The third-order valence-corrected chi connectivity index (χ3v) is 7.37. The van der Waals surface area contributed by atoms with Crippen LogP contribution in [0.2, 0.25) is 0 Å². The Hall–Kier alpha value is -2.44. The van der Waals surface area contributed by atoms with Gasteiger partial charge in [0.2, 0.25) is 0 Å². The molecule has 0 aliphatic carbocycles. The average Bonchev–Trinajstić information content (AvgIpc) is 2.82. The first kappa shape index (κ1) is 23.7. The van der Waals surface area contributed by atoms with E-state index in [0.717, 1.165) is 66.6 Å². The summed E-state index contributed by atoms with van der Waals surface area (Å²) in [6, 6.07) is 11.9. The monoisotopic (exact) mass is 456 g/mol. The van der Waals surface area contributed by atoms with Gasteiger partial charge in [0.15, 0.2) is 0 Å². The highest BCUT2D eigenvalue weighted by Gasteiger charge is 2.49. The first-order chi connectivity index (χ1) is 15.9. The van der Waals surface area contributed by atoms with E-state index in [-0.39, 0.29) is 23.0 Å². The maximum Gasteiger partial charge on any atom is 0.128 e. The Morgan fingerprint density at radius 2 is 1.12 bits per heavy atom. The van der Waals surface area contributed by atoms with Crippen molar-refractivity contribution in [1.82, 2.24) is 0 Å². The van der Waals surface area contributed by atoms with Crippen LogP contribution in [0.4, 0.5) is 0 Å². The zero-order valence-corrected chi connectivity index (χ0v) is 20.6. The highest BCUT2D eigenvalue weighted by molar-refractivity contribution is 5.44. The molecule has 2 fully saturated rings. The van der Waals surface area contributed by atoms with Crippen LogP contribution < -0.4 is 18.9 Å². The zero-order valence-electron chi connectivity index (χ0n) is 20.6. The van der Waals surface area contributed by atoms with Crippen molar-refractivity contribution in [1.29, 1.82) is 0 Å². The third-order valence-electron chi connectivity index (χ3n) is 7.37. The lowest BCUT2D eigenvalue weighted by Crippen LogP contribution is -2.45. The molecule has 2 heterocycles. The van der Waals surface area contributed by atoms with E-state index in [9.17, 15) is 0 Å². The van der Waals surface area contributed by atoms with Crippen molar-refractivity contribution in [2.45, 2.75) is 45.3 Å². The molecule has 0 bridgehead atoms. The highest BCUT2D eigenvalue weighted by Crippen LogP contribution is 2.55. The quantitative estimate of drug-likeness (QED) is 0.454. The Morgan fingerprint density at radius 1 is 0.697 bits per heavy atom. The second kappa shape index (κ2) is 9.43. The Morgan fingerprint density at radius 3 is 1.42 bits per heavy atom. The summed E-state index contributed by atoms with van der Waals surface area (Å²) >= 11 is 0. The molecule has 6 nitrogen and oxygen atoms in total. The number of ether oxygens (including phenoxy) is 6. The minimum atomic E-state index is 0.0290. The lowest BCUT2D eigenvalue weighted by molar-refractivity contribution is -0.200. The predicted molar refractivity (Wildman–Crippen MR) is 127 cm³/mol. The molecular weight excluding hydrogens is 420 g/mol. The topological polar surface area (TPSA) is 55.4 Å². The van der Waals surface area contributed by atoms with Crippen molar-refractivity contribution in [2.75, 3.05) is 41.7 Å². The molecule has 2 aliphatic rings. The highest BCUT2D eigenvalue weighted by atomic mass is 16.5. The van der Waals surface area contributed by atoms with Gasteiger partial charge in [0.25, 0.3) is 0 Å². The van der Waals surface area contributed by atoms with E-state index < -0.39 is 0 Å². The maximum absolute atomic E-state index is 6.04. The summed E-state index contributed by atoms with van der Waals surface area (Å²) < 4.78 is 34.0. The van der Waals surface area contributed by atoms with E-state index >= 15 is 0 Å². The SMILES string of the molecule is COc1ccc(C2OCC2(C)CCCC2(C)COC2c2ccc(OC)cc2OC)c(OC)c1. The molecule has 180 valence electrons. The van der Waals surface area contributed by atoms with Crippen LogP contribution >= 0.6 is 0 Å². The van der Waals surface area contributed by atoms with Gasteiger partial charge < -0.3 is 28.4 Å². The fourth-order valence-electron chi connectivity index (χ4n) is 5.21. The van der Waals surface area contributed by atoms with Gasteiger partial charge in [-0.15, -0.1) is 0 Å². The van der Waals surface area contributed by atoms with Crippen molar-refractivity contribution in [3.05, 3.63) is 47.5 Å². The first-order valence-electron chi connectivity index (χ1n) is 11.5. The minimum Gasteiger partial charge on any atom is -0.497 e. The number of methoxy groups -OCH3 is 4. The number of hydrogen-bond donors (Lipinski definition) is 0. The van der Waals surface area contributed by atoms with Crippen molar-refractivity contribution in [3.63, 3.8) is 0 Å². The van der Waals surface area contributed by atoms with Crippen LogP contribution in [-0.4, -0.2) is 41.7 Å². The molecule has 33 heavy (non-hydrogen) atoms. The van der Waals surface area contributed by atoms with E-state index in [1.54, 1.807) is 28.4 Å². The van der Waals surface area contributed by atoms with Gasteiger partial charge in [-0.1, -0.05) is 20.3 Å². The van der Waals surface area contributed by atoms with Gasteiger partial charge >= 0.3 is 0 Å². The lowest BCUT2D eigenvalue weighted by atomic mass is 9.69. The predicted octanol–water partition coefficient (Wildman–Crippen LogP) is 5.75. The average molecular weight is 457 g/mol. The van der Waals surface area contributed by atoms with Gasteiger partial charge in [0.1, 0.15) is 23.0 Å². The van der Waals surface area contributed by atoms with Crippen LogP contribution in [0.15, 0.2) is 36.4 Å². The van der Waals surface area contributed by atoms with Crippen molar-refractivity contribution in [2.24, 2.45) is 10.8 Å². The summed E-state index contributed by atoms with van der Waals surface area (Å²) in [4.78, 5) is 0. The molecule has 0 aromatic heterocycles. The zero-order chi connectivity index (χ0) is 23.6. The number of benzene rings is 2. The Balaban J connectivity index is 1.41. The van der Waals surface area contributed by atoms with Crippen LogP contribution in [0.1, 0.15) is 56.4 Å². The second-order valence-electron chi connectivity index (χ2n) is 9.76. The fraction of sp³-hybridized carbons (Fsp3) is 0.556. The smallest absolute Gasteiger partial charge is 0.128 e. The van der Waals surface area contributed by atoms with E-state index in [1.807, 2.05) is 24.3 Å². The fourth-order valence-corrected chi connectivity index (χ4v) is 5.21. The molecule has 0 radical (unpaired) electrons. The molecule has 4 unspecified atom stereocenters. The molecule has 2 saturated heterocycles. The van der Waals surface area contributed by atoms with Gasteiger partial charge in [0.05, 0.1) is 53.9 Å². The molecule has 4 atom stereocenters.